The molecule has 0 aromatic carbocycles. The standard InChI is InChI=1S/C71H112N8O38/c1-40(80)75-53(14-15-57(93)72-16-19-97-22-25-100-28-31-103-69-60(76-41(2)81)65(113-50(11)90)62(110-47(8)87)55(116-69)37-106-45(6)85)68(96)79(34-58(94)73-17-20-98-23-26-101-29-32-104-70-61(77-42(3)82)66(114-51(12)91)63(111-48(9)88)56(117-70)38-107-46(7)86)35-59(95)74-18-21-99-24-27-102-30-33-109-71(78-43(4)83)39-108-54(36-105-44(5)84)64(112-49(10)89)67(71)115-52(13)92/h53-56,60-67,69-70H,14-39H2,1-13H3,(H,72,93)(H,73,94)(H,74,95)(H,75,80)(H,76,81)(H,77,82)(H,78,83). The van der Waals surface area contributed by atoms with Crippen LogP contribution in [-0.2, 0) is 181 Å². The summed E-state index contributed by atoms with van der Waals surface area (Å²) < 4.78 is 117. The highest BCUT2D eigenvalue weighted by atomic mass is 16.7. The molecule has 0 bridgehead atoms. The van der Waals surface area contributed by atoms with E-state index in [0.717, 1.165) is 81.1 Å². The summed E-state index contributed by atoms with van der Waals surface area (Å²) in [6.07, 6.45) is -15.1. The molecule has 46 nitrogen and oxygen atoms in total. The predicted molar refractivity (Wildman–Crippen MR) is 387 cm³/mol. The second-order valence-corrected chi connectivity index (χ2v) is 26.1. The van der Waals surface area contributed by atoms with Crippen LogP contribution >= 0.6 is 0 Å². The number of amides is 8. The van der Waals surface area contributed by atoms with Crippen LogP contribution in [0.5, 0.6) is 0 Å². The Morgan fingerprint density at radius 2 is 0.726 bits per heavy atom. The lowest BCUT2D eigenvalue weighted by molar-refractivity contribution is -0.279. The maximum absolute atomic E-state index is 14.3. The Bertz CT molecular complexity index is 3260. The zero-order chi connectivity index (χ0) is 87.2. The maximum atomic E-state index is 14.3. The molecule has 3 heterocycles. The van der Waals surface area contributed by atoms with E-state index in [4.69, 9.17) is 99.5 Å². The summed E-state index contributed by atoms with van der Waals surface area (Å²) >= 11 is 0. The zero-order valence-corrected chi connectivity index (χ0v) is 67.9. The monoisotopic (exact) mass is 1680 g/mol. The number of nitrogens with zero attached hydrogens (tertiary/aromatic N) is 1. The van der Waals surface area contributed by atoms with Crippen LogP contribution in [0.4, 0.5) is 0 Å². The number of esters is 9. The van der Waals surface area contributed by atoms with Gasteiger partial charge in [0.2, 0.25) is 53.0 Å². The lowest BCUT2D eigenvalue weighted by atomic mass is 9.93. The largest absolute Gasteiger partial charge is 0.463 e. The fourth-order valence-electron chi connectivity index (χ4n) is 11.6. The first-order chi connectivity index (χ1) is 55.4. The van der Waals surface area contributed by atoms with Crippen LogP contribution in [0.1, 0.15) is 103 Å². The minimum Gasteiger partial charge on any atom is -0.463 e. The van der Waals surface area contributed by atoms with Crippen LogP contribution in [0.25, 0.3) is 0 Å². The van der Waals surface area contributed by atoms with E-state index in [9.17, 15) is 81.5 Å². The molecule has 0 aromatic rings. The Morgan fingerprint density at radius 1 is 0.376 bits per heavy atom. The number of carbonyl (C=O) groups excluding carboxylic acids is 17. The normalized spacial score (nSPS) is 22.9. The molecular weight excluding hydrogens is 1570 g/mol. The van der Waals surface area contributed by atoms with Crippen LogP contribution in [0.15, 0.2) is 0 Å². The third-order valence-corrected chi connectivity index (χ3v) is 16.0. The molecule has 117 heavy (non-hydrogen) atoms. The molecule has 664 valence electrons. The Labute approximate surface area is 674 Å². The molecule has 8 amide bonds. The van der Waals surface area contributed by atoms with Crippen molar-refractivity contribution in [2.45, 2.75) is 194 Å². The van der Waals surface area contributed by atoms with Crippen LogP contribution in [0, 0.1) is 0 Å². The Kier molecular flexibility index (Phi) is 48.0. The third-order valence-electron chi connectivity index (χ3n) is 16.0. The van der Waals surface area contributed by atoms with Gasteiger partial charge in [-0.15, -0.1) is 0 Å². The number of nitrogens with one attached hydrogen (secondary N) is 7. The van der Waals surface area contributed by atoms with Crippen LogP contribution in [0.3, 0.4) is 0 Å². The van der Waals surface area contributed by atoms with Crippen LogP contribution in [-0.4, -0.2) is 356 Å². The van der Waals surface area contributed by atoms with Gasteiger partial charge in [-0.2, -0.15) is 0 Å². The molecule has 0 radical (unpaired) electrons. The smallest absolute Gasteiger partial charge is 0.303 e. The molecule has 15 unspecified atom stereocenters. The fourth-order valence-corrected chi connectivity index (χ4v) is 11.6. The average Bonchev–Trinajstić information content (AvgIpc) is 0.775. The first-order valence-electron chi connectivity index (χ1n) is 37.3. The van der Waals surface area contributed by atoms with E-state index >= 15 is 0 Å². The van der Waals surface area contributed by atoms with Crippen molar-refractivity contribution >= 4 is 101 Å². The first-order valence-corrected chi connectivity index (χ1v) is 37.3. The summed E-state index contributed by atoms with van der Waals surface area (Å²) in [4.78, 5) is 213. The van der Waals surface area contributed by atoms with Crippen molar-refractivity contribution in [3.63, 3.8) is 0 Å². The highest BCUT2D eigenvalue weighted by molar-refractivity contribution is 5.93. The Morgan fingerprint density at radius 3 is 1.09 bits per heavy atom. The van der Waals surface area contributed by atoms with Gasteiger partial charge in [-0.3, -0.25) is 81.5 Å². The van der Waals surface area contributed by atoms with E-state index in [0.29, 0.717) is 0 Å². The van der Waals surface area contributed by atoms with Gasteiger partial charge in [0.05, 0.1) is 106 Å². The van der Waals surface area contributed by atoms with Crippen molar-refractivity contribution in [1.29, 1.82) is 0 Å². The molecule has 3 aliphatic heterocycles. The molecule has 0 saturated carbocycles. The predicted octanol–water partition coefficient (Wildman–Crippen LogP) is -5.43. The molecule has 0 spiro atoms. The van der Waals surface area contributed by atoms with Gasteiger partial charge in [-0.25, -0.2) is 0 Å². The average molecular weight is 1690 g/mol. The maximum Gasteiger partial charge on any atom is 0.303 e. The van der Waals surface area contributed by atoms with Gasteiger partial charge in [0, 0.05) is 116 Å². The lowest BCUT2D eigenvalue weighted by Gasteiger charge is -2.48. The molecule has 3 rings (SSSR count). The van der Waals surface area contributed by atoms with Crippen molar-refractivity contribution in [2.75, 3.05) is 158 Å². The van der Waals surface area contributed by atoms with E-state index in [1.54, 1.807) is 0 Å². The van der Waals surface area contributed by atoms with Crippen molar-refractivity contribution in [1.82, 2.24) is 42.1 Å². The van der Waals surface area contributed by atoms with Crippen molar-refractivity contribution in [3.05, 3.63) is 0 Å². The second-order valence-electron chi connectivity index (χ2n) is 26.1. The number of ether oxygens (including phenoxy) is 21. The van der Waals surface area contributed by atoms with Gasteiger partial charge >= 0.3 is 53.7 Å². The quantitative estimate of drug-likeness (QED) is 0.0129. The SMILES string of the molecule is CC(=O)NC(CCC(=O)NCCOCCOCCOC1OC(COC(C)=O)C(OC(C)=O)C(OC(C)=O)C1NC(C)=O)C(=O)N(CC(=O)NCCOCCOCCOC1OC(COC(C)=O)C(OC(C)=O)C(OC(C)=O)C1NC(C)=O)CC(=O)NCCOCCOCCOC1(NC(C)=O)COC(COC(C)=O)C(OC(C)=O)C1OC(C)=O. The Balaban J connectivity index is 1.61. The summed E-state index contributed by atoms with van der Waals surface area (Å²) in [6, 6.07) is -3.85. The van der Waals surface area contributed by atoms with E-state index in [1.165, 1.54) is 13.8 Å². The molecule has 7 N–H and O–H groups in total. The third kappa shape index (κ3) is 41.5. The van der Waals surface area contributed by atoms with Gasteiger partial charge < -0.3 is 142 Å². The topological polar surface area (TPSA) is 571 Å². The Hall–Kier alpha value is -9.49. The van der Waals surface area contributed by atoms with Crippen molar-refractivity contribution < 1.29 is 181 Å². The minimum atomic E-state index is -1.92. The number of hydrogen-bond acceptors (Lipinski definition) is 38. The fraction of sp³-hybridized carbons (Fsp3) is 0.761. The zero-order valence-electron chi connectivity index (χ0n) is 67.9. The van der Waals surface area contributed by atoms with Gasteiger partial charge in [-0.1, -0.05) is 0 Å². The molecule has 3 fully saturated rings. The van der Waals surface area contributed by atoms with Crippen LogP contribution < -0.4 is 37.2 Å². The van der Waals surface area contributed by atoms with Crippen LogP contribution in [0.2, 0.25) is 0 Å². The molecule has 0 aromatic heterocycles. The van der Waals surface area contributed by atoms with E-state index in [1.807, 2.05) is 0 Å². The summed E-state index contributed by atoms with van der Waals surface area (Å²) in [7, 11) is 0. The molecule has 15 atom stereocenters. The highest BCUT2D eigenvalue weighted by Crippen LogP contribution is 2.33. The van der Waals surface area contributed by atoms with Gasteiger partial charge in [-0.05, 0) is 6.42 Å². The molecule has 3 aliphatic rings. The summed E-state index contributed by atoms with van der Waals surface area (Å²) in [5.41, 5.74) is -1.92. The van der Waals surface area contributed by atoms with E-state index < -0.39 is 232 Å². The van der Waals surface area contributed by atoms with E-state index in [2.05, 4.69) is 37.2 Å². The highest BCUT2D eigenvalue weighted by Gasteiger charge is 2.57. The summed E-state index contributed by atoms with van der Waals surface area (Å²) in [5.74, 6) is -12.4. The summed E-state index contributed by atoms with van der Waals surface area (Å²) in [6.45, 7) is 10.1. The molecular formula is C71H112N8O38. The lowest BCUT2D eigenvalue weighted by Crippen LogP contribution is -2.72. The number of rotatable bonds is 54. The van der Waals surface area contributed by atoms with Crippen molar-refractivity contribution in [3.8, 4) is 0 Å². The minimum absolute atomic E-state index is 0.0108. The van der Waals surface area contributed by atoms with Gasteiger partial charge in [0.25, 0.3) is 0 Å². The second kappa shape index (κ2) is 55.2. The summed E-state index contributed by atoms with van der Waals surface area (Å²) in [5, 5.41) is 18.0. The van der Waals surface area contributed by atoms with Crippen molar-refractivity contribution in [2.24, 2.45) is 0 Å². The molecule has 3 saturated heterocycles. The molecule has 0 aliphatic carbocycles. The number of hydrogen-bond donors (Lipinski definition) is 7. The van der Waals surface area contributed by atoms with Gasteiger partial charge in [0.1, 0.15) is 69.3 Å². The molecule has 46 heteroatoms. The first kappa shape index (κ1) is 102. The number of carbonyl (C=O) groups is 17. The van der Waals surface area contributed by atoms with E-state index in [-0.39, 0.29) is 132 Å². The van der Waals surface area contributed by atoms with Gasteiger partial charge in [0.15, 0.2) is 49.2 Å².